The van der Waals surface area contributed by atoms with Crippen molar-refractivity contribution in [2.75, 3.05) is 26.8 Å². The second-order valence-electron chi connectivity index (χ2n) is 4.74. The number of ether oxygens (including phenoxy) is 2. The lowest BCUT2D eigenvalue weighted by Crippen LogP contribution is -2.45. The predicted octanol–water partition coefficient (Wildman–Crippen LogP) is 1.29. The van der Waals surface area contributed by atoms with Crippen LogP contribution in [-0.4, -0.2) is 48.9 Å². The van der Waals surface area contributed by atoms with Gasteiger partial charge >= 0.3 is 5.97 Å². The third-order valence-electron chi connectivity index (χ3n) is 3.29. The van der Waals surface area contributed by atoms with Gasteiger partial charge in [0.15, 0.2) is 6.10 Å². The van der Waals surface area contributed by atoms with Gasteiger partial charge in [0.05, 0.1) is 13.7 Å². The Bertz CT molecular complexity index is 461. The number of carboxylic acids is 1. The molecule has 0 amide bonds. The van der Waals surface area contributed by atoms with Crippen molar-refractivity contribution in [3.05, 3.63) is 29.3 Å². The van der Waals surface area contributed by atoms with E-state index in [1.807, 2.05) is 19.1 Å². The Morgan fingerprint density at radius 2 is 2.37 bits per heavy atom. The van der Waals surface area contributed by atoms with Crippen molar-refractivity contribution >= 4 is 5.97 Å². The van der Waals surface area contributed by atoms with E-state index in [0.29, 0.717) is 13.2 Å². The van der Waals surface area contributed by atoms with Gasteiger partial charge in [0.2, 0.25) is 0 Å². The highest BCUT2D eigenvalue weighted by atomic mass is 16.5. The number of carbonyl (C=O) groups is 1. The highest BCUT2D eigenvalue weighted by Gasteiger charge is 2.26. The first-order valence-corrected chi connectivity index (χ1v) is 6.30. The molecule has 0 aromatic heterocycles. The molecule has 1 aliphatic rings. The van der Waals surface area contributed by atoms with E-state index in [9.17, 15) is 4.79 Å². The van der Waals surface area contributed by atoms with E-state index in [0.717, 1.165) is 30.0 Å². The van der Waals surface area contributed by atoms with Gasteiger partial charge in [-0.1, -0.05) is 12.1 Å². The minimum atomic E-state index is -0.893. The summed E-state index contributed by atoms with van der Waals surface area (Å²) < 4.78 is 10.4. The van der Waals surface area contributed by atoms with Crippen molar-refractivity contribution in [1.29, 1.82) is 0 Å². The molecule has 1 fully saturated rings. The largest absolute Gasteiger partial charge is 0.496 e. The SMILES string of the molecule is COc1ccc(CN2CCOC(C(=O)O)C2)cc1C. The molecule has 19 heavy (non-hydrogen) atoms. The van der Waals surface area contributed by atoms with Crippen molar-refractivity contribution in [1.82, 2.24) is 4.90 Å². The number of aliphatic carboxylic acids is 1. The average Bonchev–Trinajstić information content (AvgIpc) is 2.39. The molecule has 0 bridgehead atoms. The molecule has 1 aromatic rings. The zero-order valence-electron chi connectivity index (χ0n) is 11.3. The van der Waals surface area contributed by atoms with Crippen molar-refractivity contribution in [2.45, 2.75) is 19.6 Å². The van der Waals surface area contributed by atoms with Crippen molar-refractivity contribution in [3.63, 3.8) is 0 Å². The van der Waals surface area contributed by atoms with Crippen molar-refractivity contribution < 1.29 is 19.4 Å². The van der Waals surface area contributed by atoms with Gasteiger partial charge in [-0.3, -0.25) is 4.90 Å². The maximum Gasteiger partial charge on any atom is 0.334 e. The normalized spacial score (nSPS) is 20.2. The number of carboxylic acid groups (broad SMARTS) is 1. The molecule has 1 aliphatic heterocycles. The molecule has 0 radical (unpaired) electrons. The Hall–Kier alpha value is -1.59. The molecule has 0 saturated carbocycles. The summed E-state index contributed by atoms with van der Waals surface area (Å²) in [4.78, 5) is 13.0. The number of aryl methyl sites for hydroxylation is 1. The predicted molar refractivity (Wildman–Crippen MR) is 70.4 cm³/mol. The van der Waals surface area contributed by atoms with Crippen molar-refractivity contribution in [2.24, 2.45) is 0 Å². The van der Waals surface area contributed by atoms with Crippen LogP contribution in [0.15, 0.2) is 18.2 Å². The second kappa shape index (κ2) is 6.04. The summed E-state index contributed by atoms with van der Waals surface area (Å²) in [6.07, 6.45) is -0.715. The van der Waals surface area contributed by atoms with Gasteiger partial charge in [0.25, 0.3) is 0 Å². The highest BCUT2D eigenvalue weighted by Crippen LogP contribution is 2.20. The highest BCUT2D eigenvalue weighted by molar-refractivity contribution is 5.72. The van der Waals surface area contributed by atoms with Crippen LogP contribution in [0.4, 0.5) is 0 Å². The molecule has 1 atom stereocenters. The fourth-order valence-electron chi connectivity index (χ4n) is 2.29. The van der Waals surface area contributed by atoms with E-state index < -0.39 is 12.1 Å². The number of nitrogens with zero attached hydrogens (tertiary/aromatic N) is 1. The fraction of sp³-hybridized carbons (Fsp3) is 0.500. The first-order chi connectivity index (χ1) is 9.10. The molecular weight excluding hydrogens is 246 g/mol. The summed E-state index contributed by atoms with van der Waals surface area (Å²) in [5.74, 6) is -0.0234. The molecule has 1 unspecified atom stereocenters. The minimum absolute atomic E-state index is 0.431. The Balaban J connectivity index is 2.00. The lowest BCUT2D eigenvalue weighted by Gasteiger charge is -2.30. The summed E-state index contributed by atoms with van der Waals surface area (Å²) in [6.45, 7) is 4.39. The van der Waals surface area contributed by atoms with Crippen LogP contribution in [0.2, 0.25) is 0 Å². The number of hydrogen-bond donors (Lipinski definition) is 1. The summed E-state index contributed by atoms with van der Waals surface area (Å²) in [7, 11) is 1.65. The molecular formula is C14H19NO4. The Kier molecular flexibility index (Phi) is 4.39. The maximum absolute atomic E-state index is 10.9. The molecule has 104 valence electrons. The van der Waals surface area contributed by atoms with Crippen LogP contribution in [0.3, 0.4) is 0 Å². The number of methoxy groups -OCH3 is 1. The Morgan fingerprint density at radius 1 is 1.58 bits per heavy atom. The van der Waals surface area contributed by atoms with Crippen LogP contribution in [0.1, 0.15) is 11.1 Å². The van der Waals surface area contributed by atoms with Gasteiger partial charge in [-0.05, 0) is 24.1 Å². The first kappa shape index (κ1) is 13.8. The second-order valence-corrected chi connectivity index (χ2v) is 4.74. The molecule has 1 heterocycles. The van der Waals surface area contributed by atoms with Crippen LogP contribution in [0, 0.1) is 6.92 Å². The number of morpholine rings is 1. The van der Waals surface area contributed by atoms with E-state index in [-0.39, 0.29) is 0 Å². The van der Waals surface area contributed by atoms with E-state index in [1.54, 1.807) is 7.11 Å². The molecule has 1 saturated heterocycles. The molecule has 2 rings (SSSR count). The Morgan fingerprint density at radius 3 is 3.00 bits per heavy atom. The van der Waals surface area contributed by atoms with Gasteiger partial charge in [-0.25, -0.2) is 4.79 Å². The molecule has 0 spiro atoms. The van der Waals surface area contributed by atoms with Gasteiger partial charge in [-0.15, -0.1) is 0 Å². The summed E-state index contributed by atoms with van der Waals surface area (Å²) in [6, 6.07) is 6.03. The zero-order chi connectivity index (χ0) is 13.8. The van der Waals surface area contributed by atoms with E-state index >= 15 is 0 Å². The third-order valence-corrected chi connectivity index (χ3v) is 3.29. The van der Waals surface area contributed by atoms with E-state index in [1.165, 1.54) is 0 Å². The third kappa shape index (κ3) is 3.45. The van der Waals surface area contributed by atoms with Crippen LogP contribution >= 0.6 is 0 Å². The van der Waals surface area contributed by atoms with Crippen LogP contribution in [-0.2, 0) is 16.1 Å². The minimum Gasteiger partial charge on any atom is -0.496 e. The van der Waals surface area contributed by atoms with E-state index in [2.05, 4.69) is 11.0 Å². The lowest BCUT2D eigenvalue weighted by atomic mass is 10.1. The number of hydrogen-bond acceptors (Lipinski definition) is 4. The fourth-order valence-corrected chi connectivity index (χ4v) is 2.29. The van der Waals surface area contributed by atoms with Crippen molar-refractivity contribution in [3.8, 4) is 5.75 Å². The monoisotopic (exact) mass is 265 g/mol. The van der Waals surface area contributed by atoms with E-state index in [4.69, 9.17) is 14.6 Å². The molecule has 5 nitrogen and oxygen atoms in total. The molecule has 1 N–H and O–H groups in total. The average molecular weight is 265 g/mol. The van der Waals surface area contributed by atoms with Gasteiger partial charge < -0.3 is 14.6 Å². The quantitative estimate of drug-likeness (QED) is 0.889. The number of rotatable bonds is 4. The standard InChI is InChI=1S/C14H19NO4/c1-10-7-11(3-4-12(10)18-2)8-15-5-6-19-13(9-15)14(16)17/h3-4,7,13H,5-6,8-9H2,1-2H3,(H,16,17). The smallest absolute Gasteiger partial charge is 0.334 e. The Labute approximate surface area is 112 Å². The number of benzene rings is 1. The first-order valence-electron chi connectivity index (χ1n) is 6.30. The molecule has 0 aliphatic carbocycles. The topological polar surface area (TPSA) is 59.0 Å². The summed E-state index contributed by atoms with van der Waals surface area (Å²) in [5.41, 5.74) is 2.24. The zero-order valence-corrected chi connectivity index (χ0v) is 11.3. The van der Waals surface area contributed by atoms with Crippen LogP contribution < -0.4 is 4.74 Å². The molecule has 1 aromatic carbocycles. The lowest BCUT2D eigenvalue weighted by molar-refractivity contribution is -0.156. The maximum atomic E-state index is 10.9. The molecule has 5 heteroatoms. The van der Waals surface area contributed by atoms with Gasteiger partial charge in [-0.2, -0.15) is 0 Å². The van der Waals surface area contributed by atoms with Gasteiger partial charge in [0.1, 0.15) is 5.75 Å². The van der Waals surface area contributed by atoms with Crippen LogP contribution in [0.25, 0.3) is 0 Å². The van der Waals surface area contributed by atoms with Gasteiger partial charge in [0, 0.05) is 19.6 Å². The van der Waals surface area contributed by atoms with Crippen LogP contribution in [0.5, 0.6) is 5.75 Å². The summed E-state index contributed by atoms with van der Waals surface area (Å²) >= 11 is 0. The summed E-state index contributed by atoms with van der Waals surface area (Å²) in [5, 5.41) is 8.97.